The lowest BCUT2D eigenvalue weighted by Crippen LogP contribution is -2.46. The van der Waals surface area contributed by atoms with Crippen molar-refractivity contribution in [3.8, 4) is 11.4 Å². The number of nitrogens with zero attached hydrogens (tertiary/aromatic N) is 7. The van der Waals surface area contributed by atoms with Crippen LogP contribution in [0.2, 0.25) is 0 Å². The zero-order chi connectivity index (χ0) is 24.5. The van der Waals surface area contributed by atoms with Crippen LogP contribution < -0.4 is 9.80 Å². The number of benzene rings is 1. The van der Waals surface area contributed by atoms with E-state index in [0.29, 0.717) is 0 Å². The lowest BCUT2D eigenvalue weighted by Gasteiger charge is -2.35. The molecule has 0 spiro atoms. The van der Waals surface area contributed by atoms with Crippen LogP contribution in [0.3, 0.4) is 0 Å². The molecule has 3 aromatic heterocycles. The summed E-state index contributed by atoms with van der Waals surface area (Å²) in [5.41, 5.74) is 3.52. The van der Waals surface area contributed by atoms with Gasteiger partial charge in [0.2, 0.25) is 0 Å². The second kappa shape index (κ2) is 9.85. The first-order chi connectivity index (χ1) is 17.7. The number of hydrogen-bond donors (Lipinski definition) is 0. The van der Waals surface area contributed by atoms with Gasteiger partial charge in [-0.2, -0.15) is 0 Å². The molecule has 0 amide bonds. The topological polar surface area (TPSA) is 52.8 Å². The first kappa shape index (κ1) is 22.9. The van der Waals surface area contributed by atoms with Crippen LogP contribution in [0, 0.1) is 5.82 Å². The minimum atomic E-state index is -0.197. The highest BCUT2D eigenvalue weighted by Gasteiger charge is 2.28. The molecule has 8 heteroatoms. The van der Waals surface area contributed by atoms with Gasteiger partial charge in [0.15, 0.2) is 5.65 Å². The maximum Gasteiger partial charge on any atom is 0.154 e. The Morgan fingerprint density at radius 1 is 0.944 bits per heavy atom. The molecule has 0 aliphatic carbocycles. The fraction of sp³-hybridized carbons (Fsp3) is 0.393. The van der Waals surface area contributed by atoms with Crippen molar-refractivity contribution in [1.29, 1.82) is 0 Å². The van der Waals surface area contributed by atoms with E-state index in [2.05, 4.69) is 38.7 Å². The number of rotatable bonds is 6. The number of anilines is 2. The highest BCUT2D eigenvalue weighted by Crippen LogP contribution is 2.35. The van der Waals surface area contributed by atoms with Gasteiger partial charge in [-0.05, 0) is 67.8 Å². The van der Waals surface area contributed by atoms with Crippen LogP contribution in [0.15, 0.2) is 60.8 Å². The fourth-order valence-electron chi connectivity index (χ4n) is 5.55. The highest BCUT2D eigenvalue weighted by atomic mass is 19.1. The minimum absolute atomic E-state index is 0.116. The van der Waals surface area contributed by atoms with Crippen LogP contribution in [-0.2, 0) is 0 Å². The van der Waals surface area contributed by atoms with Crippen LogP contribution in [-0.4, -0.2) is 63.8 Å². The average molecular weight is 486 g/mol. The molecule has 0 bridgehead atoms. The third-order valence-electron chi connectivity index (χ3n) is 7.36. The van der Waals surface area contributed by atoms with Crippen molar-refractivity contribution in [2.75, 3.05) is 49.1 Å². The summed E-state index contributed by atoms with van der Waals surface area (Å²) in [7, 11) is 0. The third-order valence-corrected chi connectivity index (χ3v) is 7.36. The fourth-order valence-corrected chi connectivity index (χ4v) is 5.55. The van der Waals surface area contributed by atoms with E-state index in [9.17, 15) is 4.39 Å². The van der Waals surface area contributed by atoms with Gasteiger partial charge in [0.1, 0.15) is 23.1 Å². The van der Waals surface area contributed by atoms with Gasteiger partial charge in [0, 0.05) is 32.7 Å². The summed E-state index contributed by atoms with van der Waals surface area (Å²) in [6, 6.07) is 17.3. The zero-order valence-electron chi connectivity index (χ0n) is 20.7. The Hall–Kier alpha value is -3.52. The average Bonchev–Trinajstić information content (AvgIpc) is 3.57. The smallest absolute Gasteiger partial charge is 0.154 e. The molecular formula is C28H32FN7. The Kier molecular flexibility index (Phi) is 6.27. The predicted octanol–water partition coefficient (Wildman–Crippen LogP) is 4.80. The maximum atomic E-state index is 13.9. The standard InChI is InChI=1S/C28H32FN7/c1-2-13-33-15-17-34(18-16-33)27-10-4-8-23(31-27)25-20-30-26-11-12-28(32-36(25)26)35-14-5-9-24(35)21-6-3-7-22(29)19-21/h3-4,6-8,10-12,19-20,24H,2,5,9,13-18H2,1H3/t24-/m1/s1. The van der Waals surface area contributed by atoms with Crippen LogP contribution in [0.5, 0.6) is 0 Å². The second-order valence-electron chi connectivity index (χ2n) is 9.72. The van der Waals surface area contributed by atoms with Gasteiger partial charge in [0.25, 0.3) is 0 Å². The lowest BCUT2D eigenvalue weighted by molar-refractivity contribution is 0.258. The van der Waals surface area contributed by atoms with Crippen LogP contribution in [0.1, 0.15) is 37.8 Å². The van der Waals surface area contributed by atoms with Gasteiger partial charge in [0.05, 0.1) is 17.9 Å². The van der Waals surface area contributed by atoms with Gasteiger partial charge >= 0.3 is 0 Å². The highest BCUT2D eigenvalue weighted by molar-refractivity contribution is 5.62. The molecule has 2 fully saturated rings. The van der Waals surface area contributed by atoms with E-state index in [0.717, 1.165) is 86.3 Å². The molecule has 186 valence electrons. The molecule has 1 aromatic carbocycles. The summed E-state index contributed by atoms with van der Waals surface area (Å²) >= 11 is 0. The van der Waals surface area contributed by atoms with E-state index < -0.39 is 0 Å². The molecule has 0 N–H and O–H groups in total. The van der Waals surface area contributed by atoms with E-state index in [1.807, 2.05) is 35.0 Å². The SMILES string of the molecule is CCCN1CCN(c2cccc(-c3cnc4ccc(N5CCC[C@@H]5c5cccc(F)c5)nn34)n2)CC1. The van der Waals surface area contributed by atoms with Gasteiger partial charge in [-0.3, -0.25) is 4.90 Å². The molecule has 2 aliphatic heterocycles. The molecule has 6 rings (SSSR count). The number of imidazole rings is 1. The van der Waals surface area contributed by atoms with Crippen molar-refractivity contribution in [3.05, 3.63) is 72.2 Å². The number of aromatic nitrogens is 4. The first-order valence-electron chi connectivity index (χ1n) is 13.0. The summed E-state index contributed by atoms with van der Waals surface area (Å²) < 4.78 is 15.8. The molecule has 0 radical (unpaired) electrons. The van der Waals surface area contributed by atoms with E-state index in [1.165, 1.54) is 12.5 Å². The van der Waals surface area contributed by atoms with Crippen LogP contribution >= 0.6 is 0 Å². The largest absolute Gasteiger partial charge is 0.354 e. The molecule has 36 heavy (non-hydrogen) atoms. The quantitative estimate of drug-likeness (QED) is 0.391. The molecule has 5 heterocycles. The van der Waals surface area contributed by atoms with Crippen molar-refractivity contribution in [2.45, 2.75) is 32.2 Å². The number of pyridine rings is 1. The van der Waals surface area contributed by atoms with Crippen molar-refractivity contribution < 1.29 is 4.39 Å². The summed E-state index contributed by atoms with van der Waals surface area (Å²) in [6.45, 7) is 8.41. The van der Waals surface area contributed by atoms with E-state index in [4.69, 9.17) is 10.1 Å². The molecule has 1 atom stereocenters. The predicted molar refractivity (Wildman–Crippen MR) is 141 cm³/mol. The molecule has 2 saturated heterocycles. The monoisotopic (exact) mass is 485 g/mol. The van der Waals surface area contributed by atoms with Crippen molar-refractivity contribution in [2.24, 2.45) is 0 Å². The van der Waals surface area contributed by atoms with Gasteiger partial charge in [-0.25, -0.2) is 18.9 Å². The number of fused-ring (bicyclic) bond motifs is 1. The Morgan fingerprint density at radius 3 is 2.64 bits per heavy atom. The molecule has 2 aliphatic rings. The Bertz CT molecular complexity index is 1340. The maximum absolute atomic E-state index is 13.9. The minimum Gasteiger partial charge on any atom is -0.354 e. The van der Waals surface area contributed by atoms with E-state index >= 15 is 0 Å². The van der Waals surface area contributed by atoms with E-state index in [-0.39, 0.29) is 11.9 Å². The molecule has 7 nitrogen and oxygen atoms in total. The van der Waals surface area contributed by atoms with Crippen molar-refractivity contribution in [3.63, 3.8) is 0 Å². The van der Waals surface area contributed by atoms with Crippen molar-refractivity contribution in [1.82, 2.24) is 24.5 Å². The van der Waals surface area contributed by atoms with Crippen LogP contribution in [0.25, 0.3) is 17.0 Å². The summed E-state index contributed by atoms with van der Waals surface area (Å²) in [4.78, 5) is 16.8. The number of hydrogen-bond acceptors (Lipinski definition) is 6. The Morgan fingerprint density at radius 2 is 1.81 bits per heavy atom. The van der Waals surface area contributed by atoms with Gasteiger partial charge < -0.3 is 9.80 Å². The zero-order valence-corrected chi connectivity index (χ0v) is 20.7. The molecule has 0 saturated carbocycles. The molecule has 0 unspecified atom stereocenters. The summed E-state index contributed by atoms with van der Waals surface area (Å²) in [5, 5.41) is 4.99. The number of piperazine rings is 1. The molecular weight excluding hydrogens is 453 g/mol. The van der Waals surface area contributed by atoms with Crippen LogP contribution in [0.4, 0.5) is 16.0 Å². The first-order valence-corrected chi connectivity index (χ1v) is 13.0. The summed E-state index contributed by atoms with van der Waals surface area (Å²) in [6.07, 6.45) is 5.07. The third kappa shape index (κ3) is 4.41. The second-order valence-corrected chi connectivity index (χ2v) is 9.72. The number of halogens is 1. The van der Waals surface area contributed by atoms with E-state index in [1.54, 1.807) is 12.1 Å². The van der Waals surface area contributed by atoms with Gasteiger partial charge in [-0.1, -0.05) is 25.1 Å². The lowest BCUT2D eigenvalue weighted by atomic mass is 10.0. The molecule has 4 aromatic rings. The van der Waals surface area contributed by atoms with Crippen molar-refractivity contribution >= 4 is 17.3 Å². The summed E-state index contributed by atoms with van der Waals surface area (Å²) in [5.74, 6) is 1.68. The van der Waals surface area contributed by atoms with Gasteiger partial charge in [-0.15, -0.1) is 5.10 Å². The Labute approximate surface area is 211 Å². The normalized spacial score (nSPS) is 18.9. The Balaban J connectivity index is 1.29.